The number of hydrogen-bond donors (Lipinski definition) is 1. The van der Waals surface area contributed by atoms with E-state index < -0.39 is 10.0 Å². The summed E-state index contributed by atoms with van der Waals surface area (Å²) in [7, 11) is -3.62. The normalized spacial score (nSPS) is 11.1. The average Bonchev–Trinajstić information content (AvgIpc) is 2.56. The molecular weight excluding hydrogens is 298 g/mol. The number of aromatic nitrogens is 2. The van der Waals surface area contributed by atoms with Gasteiger partial charge in [-0.2, -0.15) is 0 Å². The van der Waals surface area contributed by atoms with Crippen molar-refractivity contribution in [2.24, 2.45) is 0 Å². The van der Waals surface area contributed by atoms with E-state index in [1.165, 1.54) is 6.20 Å². The molecule has 0 aliphatic rings. The van der Waals surface area contributed by atoms with Crippen LogP contribution < -0.4 is 4.72 Å². The minimum absolute atomic E-state index is 0.210. The summed E-state index contributed by atoms with van der Waals surface area (Å²) in [4.78, 5) is 8.34. The van der Waals surface area contributed by atoms with Crippen LogP contribution in [0.15, 0.2) is 78.2 Å². The van der Waals surface area contributed by atoms with Crippen LogP contribution in [0.4, 0.5) is 5.69 Å². The molecule has 110 valence electrons. The summed E-state index contributed by atoms with van der Waals surface area (Å²) in [5.41, 5.74) is 2.07. The Morgan fingerprint density at radius 3 is 2.32 bits per heavy atom. The zero-order chi connectivity index (χ0) is 15.4. The SMILES string of the molecule is O=S(=O)(Nc1cncc(-c2cccnc2)c1)c1ccccc1. The molecule has 0 bridgehead atoms. The molecule has 3 aromatic rings. The minimum atomic E-state index is -3.62. The molecule has 0 radical (unpaired) electrons. The molecule has 0 spiro atoms. The average molecular weight is 311 g/mol. The third-order valence-corrected chi connectivity index (χ3v) is 4.44. The summed E-state index contributed by atoms with van der Waals surface area (Å²) in [6.45, 7) is 0. The minimum Gasteiger partial charge on any atom is -0.278 e. The summed E-state index contributed by atoms with van der Waals surface area (Å²) in [6.07, 6.45) is 6.52. The lowest BCUT2D eigenvalue weighted by molar-refractivity contribution is 0.601. The van der Waals surface area contributed by atoms with Gasteiger partial charge in [-0.1, -0.05) is 24.3 Å². The fraction of sp³-hybridized carbons (Fsp3) is 0. The Hall–Kier alpha value is -2.73. The predicted molar refractivity (Wildman–Crippen MR) is 84.7 cm³/mol. The summed E-state index contributed by atoms with van der Waals surface area (Å²) >= 11 is 0. The number of rotatable bonds is 4. The van der Waals surface area contributed by atoms with Crippen molar-refractivity contribution in [3.63, 3.8) is 0 Å². The van der Waals surface area contributed by atoms with E-state index in [1.54, 1.807) is 55.0 Å². The molecule has 3 rings (SSSR count). The number of sulfonamides is 1. The van der Waals surface area contributed by atoms with E-state index in [1.807, 2.05) is 12.1 Å². The highest BCUT2D eigenvalue weighted by Gasteiger charge is 2.13. The first-order valence-electron chi connectivity index (χ1n) is 6.58. The molecule has 1 aromatic carbocycles. The molecule has 0 unspecified atom stereocenters. The maximum atomic E-state index is 12.3. The summed E-state index contributed by atoms with van der Waals surface area (Å²) < 4.78 is 27.1. The second kappa shape index (κ2) is 5.95. The monoisotopic (exact) mass is 311 g/mol. The third kappa shape index (κ3) is 3.12. The van der Waals surface area contributed by atoms with Crippen LogP contribution in [-0.4, -0.2) is 18.4 Å². The lowest BCUT2D eigenvalue weighted by atomic mass is 10.1. The lowest BCUT2D eigenvalue weighted by Gasteiger charge is -2.09. The highest BCUT2D eigenvalue weighted by atomic mass is 32.2. The van der Waals surface area contributed by atoms with Gasteiger partial charge in [-0.3, -0.25) is 14.7 Å². The molecule has 0 fully saturated rings. The van der Waals surface area contributed by atoms with Crippen molar-refractivity contribution in [1.29, 1.82) is 0 Å². The van der Waals surface area contributed by atoms with Crippen molar-refractivity contribution in [3.05, 3.63) is 73.3 Å². The van der Waals surface area contributed by atoms with E-state index in [-0.39, 0.29) is 4.90 Å². The van der Waals surface area contributed by atoms with Crippen LogP contribution >= 0.6 is 0 Å². The molecular formula is C16H13N3O2S. The fourth-order valence-corrected chi connectivity index (χ4v) is 3.06. The molecule has 0 saturated carbocycles. The molecule has 0 saturated heterocycles. The van der Waals surface area contributed by atoms with E-state index >= 15 is 0 Å². The van der Waals surface area contributed by atoms with Gasteiger partial charge in [0.2, 0.25) is 0 Å². The first-order chi connectivity index (χ1) is 10.6. The van der Waals surface area contributed by atoms with Crippen LogP contribution in [-0.2, 0) is 10.0 Å². The van der Waals surface area contributed by atoms with E-state index in [0.717, 1.165) is 11.1 Å². The van der Waals surface area contributed by atoms with Crippen LogP contribution in [0.1, 0.15) is 0 Å². The number of benzene rings is 1. The maximum absolute atomic E-state index is 12.3. The quantitative estimate of drug-likeness (QED) is 0.804. The smallest absolute Gasteiger partial charge is 0.261 e. The van der Waals surface area contributed by atoms with Crippen LogP contribution in [0.2, 0.25) is 0 Å². The summed E-state index contributed by atoms with van der Waals surface area (Å²) in [6, 6.07) is 13.6. The summed E-state index contributed by atoms with van der Waals surface area (Å²) in [5, 5.41) is 0. The van der Waals surface area contributed by atoms with Gasteiger partial charge in [-0.05, 0) is 24.3 Å². The highest BCUT2D eigenvalue weighted by molar-refractivity contribution is 7.92. The van der Waals surface area contributed by atoms with Crippen molar-refractivity contribution in [1.82, 2.24) is 9.97 Å². The molecule has 2 aromatic heterocycles. The van der Waals surface area contributed by atoms with Gasteiger partial charge < -0.3 is 0 Å². The number of nitrogens with zero attached hydrogens (tertiary/aromatic N) is 2. The number of pyridine rings is 2. The van der Waals surface area contributed by atoms with Crippen molar-refractivity contribution < 1.29 is 8.42 Å². The van der Waals surface area contributed by atoms with Gasteiger partial charge in [0, 0.05) is 29.7 Å². The first-order valence-corrected chi connectivity index (χ1v) is 8.07. The predicted octanol–water partition coefficient (Wildman–Crippen LogP) is 2.94. The number of anilines is 1. The summed E-state index contributed by atoms with van der Waals surface area (Å²) in [5.74, 6) is 0. The maximum Gasteiger partial charge on any atom is 0.261 e. The lowest BCUT2D eigenvalue weighted by Crippen LogP contribution is -2.12. The second-order valence-electron chi connectivity index (χ2n) is 4.62. The van der Waals surface area contributed by atoms with Gasteiger partial charge in [0.25, 0.3) is 10.0 Å². The van der Waals surface area contributed by atoms with Gasteiger partial charge >= 0.3 is 0 Å². The van der Waals surface area contributed by atoms with Crippen molar-refractivity contribution in [2.75, 3.05) is 4.72 Å². The van der Waals surface area contributed by atoms with E-state index in [9.17, 15) is 8.42 Å². The van der Waals surface area contributed by atoms with Crippen molar-refractivity contribution >= 4 is 15.7 Å². The fourth-order valence-electron chi connectivity index (χ4n) is 2.00. The van der Waals surface area contributed by atoms with Gasteiger partial charge in [-0.25, -0.2) is 8.42 Å². The van der Waals surface area contributed by atoms with Crippen LogP contribution in [0.25, 0.3) is 11.1 Å². The molecule has 22 heavy (non-hydrogen) atoms. The van der Waals surface area contributed by atoms with Gasteiger partial charge in [0.05, 0.1) is 16.8 Å². The highest BCUT2D eigenvalue weighted by Crippen LogP contribution is 2.22. The van der Waals surface area contributed by atoms with Crippen LogP contribution in [0.3, 0.4) is 0 Å². The Morgan fingerprint density at radius 2 is 1.59 bits per heavy atom. The van der Waals surface area contributed by atoms with Crippen LogP contribution in [0, 0.1) is 0 Å². The third-order valence-electron chi connectivity index (χ3n) is 3.04. The zero-order valence-corrected chi connectivity index (χ0v) is 12.4. The van der Waals surface area contributed by atoms with Crippen molar-refractivity contribution in [3.8, 4) is 11.1 Å². The molecule has 6 heteroatoms. The van der Waals surface area contributed by atoms with E-state index in [2.05, 4.69) is 14.7 Å². The van der Waals surface area contributed by atoms with Gasteiger partial charge in [0.15, 0.2) is 0 Å². The molecule has 0 amide bonds. The molecule has 0 atom stereocenters. The Labute approximate surface area is 128 Å². The Balaban J connectivity index is 1.91. The molecule has 0 aliphatic heterocycles. The second-order valence-corrected chi connectivity index (χ2v) is 6.30. The van der Waals surface area contributed by atoms with Crippen molar-refractivity contribution in [2.45, 2.75) is 4.90 Å². The first kappa shape index (κ1) is 14.2. The zero-order valence-electron chi connectivity index (χ0n) is 11.5. The number of nitrogens with one attached hydrogen (secondary N) is 1. The Morgan fingerprint density at radius 1 is 0.818 bits per heavy atom. The van der Waals surface area contributed by atoms with Crippen LogP contribution in [0.5, 0.6) is 0 Å². The van der Waals surface area contributed by atoms with E-state index in [0.29, 0.717) is 5.69 Å². The largest absolute Gasteiger partial charge is 0.278 e. The van der Waals surface area contributed by atoms with Gasteiger partial charge in [0.1, 0.15) is 0 Å². The Bertz CT molecular complexity index is 866. The molecule has 5 nitrogen and oxygen atoms in total. The molecule has 2 heterocycles. The van der Waals surface area contributed by atoms with Gasteiger partial charge in [-0.15, -0.1) is 0 Å². The standard InChI is InChI=1S/C16H13N3O2S/c20-22(21,16-6-2-1-3-7-16)19-15-9-14(11-18-12-15)13-5-4-8-17-10-13/h1-12,19H. The molecule has 1 N–H and O–H groups in total. The topological polar surface area (TPSA) is 72.0 Å². The van der Waals surface area contributed by atoms with E-state index in [4.69, 9.17) is 0 Å². The molecule has 0 aliphatic carbocycles. The Kier molecular flexibility index (Phi) is 3.84. The number of hydrogen-bond acceptors (Lipinski definition) is 4.